The van der Waals surface area contributed by atoms with Crippen LogP contribution in [-0.4, -0.2) is 58.9 Å². The van der Waals surface area contributed by atoms with Gasteiger partial charge in [-0.2, -0.15) is 0 Å². The summed E-state index contributed by atoms with van der Waals surface area (Å²) in [5.74, 6) is 0.723. The topological polar surface area (TPSA) is 74.8 Å². The number of rotatable bonds is 2. The zero-order chi connectivity index (χ0) is 16.2. The molecule has 3 heterocycles. The molecule has 2 aliphatic rings. The van der Waals surface area contributed by atoms with E-state index in [9.17, 15) is 9.90 Å². The zero-order valence-electron chi connectivity index (χ0n) is 13.3. The molecule has 1 aromatic carbocycles. The van der Waals surface area contributed by atoms with Crippen LogP contribution < -0.4 is 4.74 Å². The van der Waals surface area contributed by atoms with E-state index in [-0.39, 0.29) is 11.5 Å². The summed E-state index contributed by atoms with van der Waals surface area (Å²) in [6.45, 7) is 3.17. The molecule has 4 rings (SSSR count). The molecule has 2 aliphatic heterocycles. The fraction of sp³-hybridized carbons (Fsp3) is 0.471. The highest BCUT2D eigenvalue weighted by Gasteiger charge is 2.54. The number of carbonyl (C=O) groups is 1. The largest absolute Gasteiger partial charge is 0.497 e. The number of methoxy groups -OCH3 is 1. The number of aromatic nitrogens is 1. The van der Waals surface area contributed by atoms with E-state index >= 15 is 0 Å². The summed E-state index contributed by atoms with van der Waals surface area (Å²) < 4.78 is 10.9. The number of aliphatic hydroxyl groups is 1. The van der Waals surface area contributed by atoms with Gasteiger partial charge in [0.1, 0.15) is 17.0 Å². The minimum atomic E-state index is -0.785. The summed E-state index contributed by atoms with van der Waals surface area (Å²) in [7, 11) is 1.62. The van der Waals surface area contributed by atoms with E-state index in [0.717, 1.165) is 16.7 Å². The van der Waals surface area contributed by atoms with Gasteiger partial charge in [0.2, 0.25) is 0 Å². The predicted octanol–water partition coefficient (Wildman–Crippen LogP) is 1.54. The quantitative estimate of drug-likeness (QED) is 0.881. The maximum absolute atomic E-state index is 12.6. The van der Waals surface area contributed by atoms with Crippen molar-refractivity contribution in [1.29, 1.82) is 0 Å². The molecule has 1 atom stereocenters. The molecule has 6 heteroatoms. The van der Waals surface area contributed by atoms with Crippen molar-refractivity contribution in [2.45, 2.75) is 24.5 Å². The van der Waals surface area contributed by atoms with Crippen molar-refractivity contribution in [3.05, 3.63) is 30.0 Å². The maximum Gasteiger partial charge on any atom is 0.270 e. The minimum absolute atomic E-state index is 0.0408. The van der Waals surface area contributed by atoms with Gasteiger partial charge in [-0.3, -0.25) is 4.79 Å². The average Bonchev–Trinajstić information content (AvgIpc) is 3.04. The molecule has 1 amide bonds. The lowest BCUT2D eigenvalue weighted by molar-refractivity contribution is -0.0955. The van der Waals surface area contributed by atoms with Crippen LogP contribution >= 0.6 is 0 Å². The molecule has 2 N–H and O–H groups in total. The van der Waals surface area contributed by atoms with Gasteiger partial charge in [-0.05, 0) is 31.2 Å². The SMILES string of the molecule is COc1ccc2[nH]c(C(=O)N3CC4(C3)CC(C)(O)CO4)cc2c1. The first kappa shape index (κ1) is 14.5. The van der Waals surface area contributed by atoms with Crippen LogP contribution in [0.2, 0.25) is 0 Å². The zero-order valence-corrected chi connectivity index (χ0v) is 13.3. The summed E-state index contributed by atoms with van der Waals surface area (Å²) in [6.07, 6.45) is 0.577. The van der Waals surface area contributed by atoms with Crippen LogP contribution in [0, 0.1) is 0 Å². The first-order valence-electron chi connectivity index (χ1n) is 7.72. The Morgan fingerprint density at radius 2 is 2.17 bits per heavy atom. The van der Waals surface area contributed by atoms with E-state index in [1.54, 1.807) is 18.9 Å². The third kappa shape index (κ3) is 2.38. The van der Waals surface area contributed by atoms with Gasteiger partial charge in [0.25, 0.3) is 5.91 Å². The van der Waals surface area contributed by atoms with Crippen molar-refractivity contribution in [1.82, 2.24) is 9.88 Å². The van der Waals surface area contributed by atoms with Gasteiger partial charge >= 0.3 is 0 Å². The third-order valence-electron chi connectivity index (χ3n) is 4.70. The van der Waals surface area contributed by atoms with Crippen molar-refractivity contribution in [2.24, 2.45) is 0 Å². The number of fused-ring (bicyclic) bond motifs is 1. The molecule has 2 fully saturated rings. The summed E-state index contributed by atoms with van der Waals surface area (Å²) >= 11 is 0. The monoisotopic (exact) mass is 316 g/mol. The molecule has 0 radical (unpaired) electrons. The molecule has 6 nitrogen and oxygen atoms in total. The number of likely N-dealkylation sites (tertiary alicyclic amines) is 1. The van der Waals surface area contributed by atoms with E-state index in [2.05, 4.69) is 4.98 Å². The van der Waals surface area contributed by atoms with Crippen molar-refractivity contribution < 1.29 is 19.4 Å². The molecule has 23 heavy (non-hydrogen) atoms. The molecular weight excluding hydrogens is 296 g/mol. The van der Waals surface area contributed by atoms with Crippen molar-refractivity contribution >= 4 is 16.8 Å². The summed E-state index contributed by atoms with van der Waals surface area (Å²) in [5.41, 5.74) is 0.318. The van der Waals surface area contributed by atoms with Crippen LogP contribution in [0.4, 0.5) is 0 Å². The summed E-state index contributed by atoms with van der Waals surface area (Å²) in [6, 6.07) is 7.51. The Balaban J connectivity index is 1.50. The first-order valence-corrected chi connectivity index (χ1v) is 7.72. The predicted molar refractivity (Wildman–Crippen MR) is 84.7 cm³/mol. The number of aromatic amines is 1. The van der Waals surface area contributed by atoms with Crippen LogP contribution in [0.5, 0.6) is 5.75 Å². The van der Waals surface area contributed by atoms with Gasteiger partial charge in [-0.15, -0.1) is 0 Å². The number of hydrogen-bond acceptors (Lipinski definition) is 4. The molecule has 1 aromatic heterocycles. The molecule has 0 aliphatic carbocycles. The van der Waals surface area contributed by atoms with Crippen molar-refractivity contribution in [3.8, 4) is 5.75 Å². The van der Waals surface area contributed by atoms with Crippen LogP contribution in [0.3, 0.4) is 0 Å². The Bertz CT molecular complexity index is 774. The van der Waals surface area contributed by atoms with Gasteiger partial charge in [0, 0.05) is 17.3 Å². The molecule has 1 unspecified atom stereocenters. The Morgan fingerprint density at radius 1 is 1.39 bits per heavy atom. The van der Waals surface area contributed by atoms with E-state index in [0.29, 0.717) is 31.8 Å². The number of nitrogens with zero attached hydrogens (tertiary/aromatic N) is 1. The highest BCUT2D eigenvalue weighted by molar-refractivity contribution is 5.98. The second kappa shape index (κ2) is 4.72. The number of hydrogen-bond donors (Lipinski definition) is 2. The van der Waals surface area contributed by atoms with E-state index in [4.69, 9.17) is 9.47 Å². The normalized spacial score (nSPS) is 25.8. The van der Waals surface area contributed by atoms with E-state index in [1.165, 1.54) is 0 Å². The third-order valence-corrected chi connectivity index (χ3v) is 4.70. The van der Waals surface area contributed by atoms with Crippen molar-refractivity contribution in [2.75, 3.05) is 26.8 Å². The van der Waals surface area contributed by atoms with Crippen LogP contribution in [-0.2, 0) is 4.74 Å². The first-order chi connectivity index (χ1) is 10.9. The second-order valence-corrected chi connectivity index (χ2v) is 6.94. The van der Waals surface area contributed by atoms with E-state index in [1.807, 2.05) is 24.3 Å². The molecule has 2 aromatic rings. The van der Waals surface area contributed by atoms with Gasteiger partial charge in [0.05, 0.1) is 32.4 Å². The number of ether oxygens (including phenoxy) is 2. The number of H-pyrrole nitrogens is 1. The molecule has 122 valence electrons. The average molecular weight is 316 g/mol. The Kier molecular flexibility index (Phi) is 2.98. The summed E-state index contributed by atoms with van der Waals surface area (Å²) in [4.78, 5) is 17.5. The number of carbonyl (C=O) groups excluding carboxylic acids is 1. The molecular formula is C17H20N2O4. The molecule has 0 bridgehead atoms. The van der Waals surface area contributed by atoms with E-state index < -0.39 is 5.60 Å². The van der Waals surface area contributed by atoms with Crippen molar-refractivity contribution in [3.63, 3.8) is 0 Å². The second-order valence-electron chi connectivity index (χ2n) is 6.94. The Labute approximate surface area is 134 Å². The Morgan fingerprint density at radius 3 is 2.83 bits per heavy atom. The van der Waals surface area contributed by atoms with Gasteiger partial charge in [0.15, 0.2) is 0 Å². The summed E-state index contributed by atoms with van der Waals surface area (Å²) in [5, 5.41) is 11.0. The van der Waals surface area contributed by atoms with Gasteiger partial charge in [-0.1, -0.05) is 0 Å². The Hall–Kier alpha value is -2.05. The number of nitrogens with one attached hydrogen (secondary N) is 1. The van der Waals surface area contributed by atoms with Crippen LogP contribution in [0.25, 0.3) is 10.9 Å². The molecule has 1 spiro atoms. The highest BCUT2D eigenvalue weighted by Crippen LogP contribution is 2.40. The lowest BCUT2D eigenvalue weighted by Gasteiger charge is -2.47. The lowest BCUT2D eigenvalue weighted by Crippen LogP contribution is -2.63. The fourth-order valence-corrected chi connectivity index (χ4v) is 3.62. The van der Waals surface area contributed by atoms with Crippen LogP contribution in [0.1, 0.15) is 23.8 Å². The number of benzene rings is 1. The minimum Gasteiger partial charge on any atom is -0.497 e. The van der Waals surface area contributed by atoms with Gasteiger partial charge < -0.3 is 24.5 Å². The molecule has 2 saturated heterocycles. The smallest absolute Gasteiger partial charge is 0.270 e. The maximum atomic E-state index is 12.6. The van der Waals surface area contributed by atoms with Crippen LogP contribution in [0.15, 0.2) is 24.3 Å². The van der Waals surface area contributed by atoms with Gasteiger partial charge in [-0.25, -0.2) is 0 Å². The number of amides is 1. The molecule has 0 saturated carbocycles. The lowest BCUT2D eigenvalue weighted by atomic mass is 9.85. The standard InChI is InChI=1S/C17H20N2O4/c1-16(21)7-17(23-10-16)8-19(9-17)15(20)14-6-11-5-12(22-2)3-4-13(11)18-14/h3-6,18,21H,7-10H2,1-2H3. The fourth-order valence-electron chi connectivity index (χ4n) is 3.62. The highest BCUT2D eigenvalue weighted by atomic mass is 16.5.